The van der Waals surface area contributed by atoms with Crippen molar-refractivity contribution in [1.82, 2.24) is 34.6 Å². The lowest BCUT2D eigenvalue weighted by Gasteiger charge is -2.19. The minimum Gasteiger partial charge on any atom is -0.324 e. The number of benzene rings is 1. The summed E-state index contributed by atoms with van der Waals surface area (Å²) in [6.45, 7) is 11.9. The molecule has 1 aliphatic rings. The SMILES string of the molecule is CC(C)n1c(=O)c2cnc(Nc3ccc4c(c3)CNC4)nc2n1-c1ccnc(C(C)(C)C)n1. The van der Waals surface area contributed by atoms with Crippen LogP contribution in [0.4, 0.5) is 11.6 Å². The third-order valence-electron chi connectivity index (χ3n) is 5.73. The molecule has 3 aromatic heterocycles. The van der Waals surface area contributed by atoms with Gasteiger partial charge >= 0.3 is 0 Å². The van der Waals surface area contributed by atoms with Crippen molar-refractivity contribution in [2.75, 3.05) is 5.32 Å². The first-order valence-corrected chi connectivity index (χ1v) is 11.2. The average molecular weight is 445 g/mol. The van der Waals surface area contributed by atoms with E-state index < -0.39 is 0 Å². The van der Waals surface area contributed by atoms with Gasteiger partial charge in [-0.15, -0.1) is 0 Å². The maximum absolute atomic E-state index is 13.2. The van der Waals surface area contributed by atoms with Crippen LogP contribution in [0.5, 0.6) is 0 Å². The maximum Gasteiger partial charge on any atom is 0.278 e. The van der Waals surface area contributed by atoms with E-state index in [9.17, 15) is 4.79 Å². The summed E-state index contributed by atoms with van der Waals surface area (Å²) < 4.78 is 3.44. The Morgan fingerprint density at radius 1 is 1.06 bits per heavy atom. The average Bonchev–Trinajstić information content (AvgIpc) is 3.35. The fourth-order valence-corrected chi connectivity index (χ4v) is 4.08. The first-order valence-electron chi connectivity index (χ1n) is 11.2. The zero-order chi connectivity index (χ0) is 23.3. The van der Waals surface area contributed by atoms with Crippen LogP contribution in [-0.2, 0) is 18.5 Å². The molecule has 1 aliphatic heterocycles. The Morgan fingerprint density at radius 3 is 2.61 bits per heavy atom. The summed E-state index contributed by atoms with van der Waals surface area (Å²) in [4.78, 5) is 31.6. The van der Waals surface area contributed by atoms with E-state index in [1.165, 1.54) is 11.1 Å². The second-order valence-corrected chi connectivity index (χ2v) is 9.69. The highest BCUT2D eigenvalue weighted by Gasteiger charge is 2.23. The van der Waals surface area contributed by atoms with Crippen LogP contribution in [0.25, 0.3) is 16.9 Å². The molecule has 5 rings (SSSR count). The number of hydrogen-bond acceptors (Lipinski definition) is 7. The standard InChI is InChI=1S/C24H28N8O/c1-14(2)31-21(33)18-13-27-23(28-17-7-6-15-11-25-12-16(15)10-17)30-20(18)32(31)19-8-9-26-22(29-19)24(3,4)5/h6-10,13-14,25H,11-12H2,1-5H3,(H,27,28,30). The first-order chi connectivity index (χ1) is 15.7. The Bertz CT molecular complexity index is 1410. The van der Waals surface area contributed by atoms with Gasteiger partial charge in [-0.2, -0.15) is 4.98 Å². The first kappa shape index (κ1) is 21.3. The second-order valence-electron chi connectivity index (χ2n) is 9.69. The van der Waals surface area contributed by atoms with Crippen LogP contribution in [0.3, 0.4) is 0 Å². The molecule has 4 aromatic rings. The summed E-state index contributed by atoms with van der Waals surface area (Å²) in [5.41, 5.74) is 3.61. The summed E-state index contributed by atoms with van der Waals surface area (Å²) in [6.07, 6.45) is 3.31. The molecule has 0 bridgehead atoms. The summed E-state index contributed by atoms with van der Waals surface area (Å²) in [5.74, 6) is 1.72. The highest BCUT2D eigenvalue weighted by atomic mass is 16.1. The molecule has 0 saturated carbocycles. The van der Waals surface area contributed by atoms with E-state index in [1.807, 2.05) is 19.9 Å². The lowest BCUT2D eigenvalue weighted by molar-refractivity contribution is 0.467. The molecule has 2 N–H and O–H groups in total. The van der Waals surface area contributed by atoms with Crippen LogP contribution >= 0.6 is 0 Å². The Balaban J connectivity index is 1.65. The van der Waals surface area contributed by atoms with Gasteiger partial charge in [-0.3, -0.25) is 4.79 Å². The molecule has 1 aromatic carbocycles. The van der Waals surface area contributed by atoms with Gasteiger partial charge in [-0.05, 0) is 37.1 Å². The van der Waals surface area contributed by atoms with Gasteiger partial charge in [0.15, 0.2) is 11.5 Å². The second kappa shape index (κ2) is 7.77. The topological polar surface area (TPSA) is 103 Å². The molecule has 4 heterocycles. The number of rotatable bonds is 4. The summed E-state index contributed by atoms with van der Waals surface area (Å²) >= 11 is 0. The van der Waals surface area contributed by atoms with Gasteiger partial charge in [0.2, 0.25) is 5.95 Å². The maximum atomic E-state index is 13.2. The monoisotopic (exact) mass is 444 g/mol. The summed E-state index contributed by atoms with van der Waals surface area (Å²) in [5, 5.41) is 7.09. The van der Waals surface area contributed by atoms with Crippen molar-refractivity contribution in [3.05, 3.63) is 64.0 Å². The van der Waals surface area contributed by atoms with Gasteiger partial charge in [0.05, 0.1) is 0 Å². The van der Waals surface area contributed by atoms with Gasteiger partial charge in [0.25, 0.3) is 5.56 Å². The number of fused-ring (bicyclic) bond motifs is 2. The van der Waals surface area contributed by atoms with Gasteiger partial charge < -0.3 is 10.6 Å². The van der Waals surface area contributed by atoms with E-state index in [0.717, 1.165) is 18.8 Å². The van der Waals surface area contributed by atoms with Crippen LogP contribution in [0.2, 0.25) is 0 Å². The van der Waals surface area contributed by atoms with E-state index >= 15 is 0 Å². The predicted molar refractivity (Wildman–Crippen MR) is 128 cm³/mol. The van der Waals surface area contributed by atoms with Crippen LogP contribution in [0.1, 0.15) is 57.6 Å². The van der Waals surface area contributed by atoms with Crippen molar-refractivity contribution in [1.29, 1.82) is 0 Å². The Hall–Kier alpha value is -3.59. The Morgan fingerprint density at radius 2 is 1.85 bits per heavy atom. The van der Waals surface area contributed by atoms with Gasteiger partial charge in [0, 0.05) is 48.7 Å². The molecule has 33 heavy (non-hydrogen) atoms. The van der Waals surface area contributed by atoms with Crippen LogP contribution in [0.15, 0.2) is 41.5 Å². The third kappa shape index (κ3) is 3.78. The largest absolute Gasteiger partial charge is 0.324 e. The normalized spacial score (nSPS) is 13.6. The quantitative estimate of drug-likeness (QED) is 0.496. The molecule has 9 heteroatoms. The Labute approximate surface area is 191 Å². The minimum absolute atomic E-state index is 0.0969. The van der Waals surface area contributed by atoms with E-state index in [0.29, 0.717) is 28.6 Å². The van der Waals surface area contributed by atoms with E-state index in [1.54, 1.807) is 27.8 Å². The molecule has 9 nitrogen and oxygen atoms in total. The number of nitrogens with zero attached hydrogens (tertiary/aromatic N) is 6. The fourth-order valence-electron chi connectivity index (χ4n) is 4.08. The smallest absolute Gasteiger partial charge is 0.278 e. The molecule has 0 amide bonds. The number of anilines is 2. The molecule has 0 unspecified atom stereocenters. The molecule has 0 radical (unpaired) electrons. The van der Waals surface area contributed by atoms with Crippen molar-refractivity contribution in [2.24, 2.45) is 0 Å². The van der Waals surface area contributed by atoms with E-state index in [2.05, 4.69) is 53.5 Å². The Kier molecular flexibility index (Phi) is 5.01. The number of hydrogen-bond donors (Lipinski definition) is 2. The van der Waals surface area contributed by atoms with Crippen molar-refractivity contribution >= 4 is 22.7 Å². The van der Waals surface area contributed by atoms with Crippen molar-refractivity contribution in [3.63, 3.8) is 0 Å². The highest BCUT2D eigenvalue weighted by Crippen LogP contribution is 2.24. The van der Waals surface area contributed by atoms with Crippen molar-refractivity contribution in [2.45, 2.75) is 59.2 Å². The minimum atomic E-state index is -0.230. The zero-order valence-corrected chi connectivity index (χ0v) is 19.5. The van der Waals surface area contributed by atoms with E-state index in [4.69, 9.17) is 9.97 Å². The van der Waals surface area contributed by atoms with Gasteiger partial charge in [0.1, 0.15) is 11.2 Å². The number of nitrogens with one attached hydrogen (secondary N) is 2. The van der Waals surface area contributed by atoms with Crippen LogP contribution in [-0.4, -0.2) is 29.3 Å². The van der Waals surface area contributed by atoms with Crippen molar-refractivity contribution in [3.8, 4) is 5.82 Å². The van der Waals surface area contributed by atoms with Crippen molar-refractivity contribution < 1.29 is 0 Å². The van der Waals surface area contributed by atoms with Gasteiger partial charge in [-0.1, -0.05) is 26.8 Å². The molecule has 0 atom stereocenters. The van der Waals surface area contributed by atoms with Gasteiger partial charge in [-0.25, -0.2) is 24.3 Å². The lowest BCUT2D eigenvalue weighted by Crippen LogP contribution is -2.25. The zero-order valence-electron chi connectivity index (χ0n) is 19.5. The molecule has 0 saturated heterocycles. The third-order valence-corrected chi connectivity index (χ3v) is 5.73. The molecule has 170 valence electrons. The number of aromatic nitrogens is 6. The molecular weight excluding hydrogens is 416 g/mol. The molecule has 0 fully saturated rings. The van der Waals surface area contributed by atoms with Crippen LogP contribution in [0, 0.1) is 0 Å². The van der Waals surface area contributed by atoms with E-state index in [-0.39, 0.29) is 17.0 Å². The summed E-state index contributed by atoms with van der Waals surface area (Å²) in [6, 6.07) is 7.94. The highest BCUT2D eigenvalue weighted by molar-refractivity contribution is 5.77. The predicted octanol–water partition coefficient (Wildman–Crippen LogP) is 3.60. The molecule has 0 spiro atoms. The van der Waals surface area contributed by atoms with Crippen LogP contribution < -0.4 is 16.2 Å². The fraction of sp³-hybridized carbons (Fsp3) is 0.375. The summed E-state index contributed by atoms with van der Waals surface area (Å²) in [7, 11) is 0. The molecule has 0 aliphatic carbocycles. The lowest BCUT2D eigenvalue weighted by atomic mass is 9.96. The molecular formula is C24H28N8O.